The number of rotatable bonds is 3. The van der Waals surface area contributed by atoms with E-state index in [9.17, 15) is 14.4 Å². The number of furan rings is 1. The number of hydrogen-bond acceptors (Lipinski definition) is 5. The van der Waals surface area contributed by atoms with Gasteiger partial charge in [-0.3, -0.25) is 19.3 Å². The third kappa shape index (κ3) is 3.50. The van der Waals surface area contributed by atoms with Crippen molar-refractivity contribution in [2.75, 3.05) is 19.6 Å². The monoisotopic (exact) mass is 334 g/mol. The van der Waals surface area contributed by atoms with Crippen LogP contribution in [0.15, 0.2) is 27.7 Å². The molecule has 2 saturated heterocycles. The van der Waals surface area contributed by atoms with Crippen LogP contribution in [-0.2, 0) is 9.59 Å². The smallest absolute Gasteiger partial charge is 0.294 e. The quantitative estimate of drug-likeness (QED) is 0.795. The minimum Gasteiger partial charge on any atom is -0.465 e. The standard InChI is InChI=1S/C16H18N2O4S/c1-11-4-6-17(7-5-11)14(19)10-18-15(20)13(23-16(18)21)9-12-3-2-8-22-12/h2-3,8-9,11H,4-7,10H2,1H3/b13-9+. The maximum atomic E-state index is 12.3. The summed E-state index contributed by atoms with van der Waals surface area (Å²) >= 11 is 0.837. The molecular weight excluding hydrogens is 316 g/mol. The van der Waals surface area contributed by atoms with E-state index in [4.69, 9.17) is 4.42 Å². The fourth-order valence-corrected chi connectivity index (χ4v) is 3.45. The van der Waals surface area contributed by atoms with Crippen molar-refractivity contribution < 1.29 is 18.8 Å². The van der Waals surface area contributed by atoms with Crippen LogP contribution in [0.5, 0.6) is 0 Å². The van der Waals surface area contributed by atoms with Gasteiger partial charge >= 0.3 is 0 Å². The first-order valence-corrected chi connectivity index (χ1v) is 8.43. The maximum absolute atomic E-state index is 12.3. The Morgan fingerprint density at radius 2 is 2.13 bits per heavy atom. The van der Waals surface area contributed by atoms with Crippen LogP contribution in [0.25, 0.3) is 6.08 Å². The number of nitrogens with zero attached hydrogens (tertiary/aromatic N) is 2. The minimum atomic E-state index is -0.435. The molecule has 0 N–H and O–H groups in total. The average Bonchev–Trinajstić information content (AvgIpc) is 3.12. The molecule has 0 aliphatic carbocycles. The molecule has 0 atom stereocenters. The second-order valence-electron chi connectivity index (χ2n) is 5.85. The molecule has 3 rings (SSSR count). The number of imide groups is 1. The van der Waals surface area contributed by atoms with Gasteiger partial charge in [-0.15, -0.1) is 0 Å². The highest BCUT2D eigenvalue weighted by Gasteiger charge is 2.37. The van der Waals surface area contributed by atoms with E-state index in [1.54, 1.807) is 17.0 Å². The minimum absolute atomic E-state index is 0.168. The fraction of sp³-hybridized carbons (Fsp3) is 0.438. The molecule has 23 heavy (non-hydrogen) atoms. The molecule has 0 spiro atoms. The Bertz CT molecular complexity index is 645. The Morgan fingerprint density at radius 1 is 1.39 bits per heavy atom. The molecule has 0 saturated carbocycles. The van der Waals surface area contributed by atoms with Crippen molar-refractivity contribution in [1.29, 1.82) is 0 Å². The number of carbonyl (C=O) groups excluding carboxylic acids is 3. The molecule has 0 unspecified atom stereocenters. The van der Waals surface area contributed by atoms with Crippen LogP contribution in [0, 0.1) is 5.92 Å². The zero-order valence-corrected chi connectivity index (χ0v) is 13.7. The molecule has 6 nitrogen and oxygen atoms in total. The van der Waals surface area contributed by atoms with Gasteiger partial charge in [-0.05, 0) is 42.7 Å². The summed E-state index contributed by atoms with van der Waals surface area (Å²) in [5.74, 6) is 0.521. The molecule has 1 aromatic heterocycles. The van der Waals surface area contributed by atoms with E-state index in [1.807, 2.05) is 0 Å². The lowest BCUT2D eigenvalue weighted by Crippen LogP contribution is -2.45. The Kier molecular flexibility index (Phi) is 4.56. The lowest BCUT2D eigenvalue weighted by molar-refractivity contribution is -0.136. The summed E-state index contributed by atoms with van der Waals surface area (Å²) in [4.78, 5) is 39.7. The molecule has 3 heterocycles. The van der Waals surface area contributed by atoms with E-state index in [0.717, 1.165) is 29.5 Å². The number of piperidine rings is 1. The van der Waals surface area contributed by atoms with Crippen molar-refractivity contribution in [2.24, 2.45) is 5.92 Å². The summed E-state index contributed by atoms with van der Waals surface area (Å²) in [6.45, 7) is 3.36. The molecule has 1 aromatic rings. The number of carbonyl (C=O) groups is 3. The van der Waals surface area contributed by atoms with Gasteiger partial charge in [0.25, 0.3) is 11.1 Å². The van der Waals surface area contributed by atoms with E-state index in [2.05, 4.69) is 6.92 Å². The fourth-order valence-electron chi connectivity index (χ4n) is 2.63. The Morgan fingerprint density at radius 3 is 2.78 bits per heavy atom. The number of thioether (sulfide) groups is 1. The zero-order chi connectivity index (χ0) is 16.4. The number of amides is 3. The highest BCUT2D eigenvalue weighted by atomic mass is 32.2. The van der Waals surface area contributed by atoms with E-state index in [1.165, 1.54) is 12.3 Å². The van der Waals surface area contributed by atoms with Crippen molar-refractivity contribution >= 4 is 34.9 Å². The van der Waals surface area contributed by atoms with E-state index in [-0.39, 0.29) is 17.4 Å². The van der Waals surface area contributed by atoms with Gasteiger partial charge in [0.2, 0.25) is 5.91 Å². The third-order valence-electron chi connectivity index (χ3n) is 4.12. The first kappa shape index (κ1) is 15.9. The van der Waals surface area contributed by atoms with Gasteiger partial charge in [-0.25, -0.2) is 0 Å². The summed E-state index contributed by atoms with van der Waals surface area (Å²) in [5.41, 5.74) is 0. The normalized spacial score (nSPS) is 21.5. The van der Waals surface area contributed by atoms with Crippen LogP contribution < -0.4 is 0 Å². The van der Waals surface area contributed by atoms with E-state index < -0.39 is 11.1 Å². The van der Waals surface area contributed by atoms with E-state index >= 15 is 0 Å². The highest BCUT2D eigenvalue weighted by Crippen LogP contribution is 2.32. The molecule has 2 aliphatic heterocycles. The zero-order valence-electron chi connectivity index (χ0n) is 12.9. The SMILES string of the molecule is CC1CCN(C(=O)CN2C(=O)S/C(=C/c3ccco3)C2=O)CC1. The number of hydrogen-bond donors (Lipinski definition) is 0. The predicted molar refractivity (Wildman–Crippen MR) is 86.4 cm³/mol. The predicted octanol–water partition coefficient (Wildman–Crippen LogP) is 2.57. The van der Waals surface area contributed by atoms with Crippen molar-refractivity contribution in [3.63, 3.8) is 0 Å². The molecule has 7 heteroatoms. The van der Waals surface area contributed by atoms with Gasteiger partial charge in [0, 0.05) is 19.2 Å². The highest BCUT2D eigenvalue weighted by molar-refractivity contribution is 8.18. The van der Waals surface area contributed by atoms with Crippen LogP contribution >= 0.6 is 11.8 Å². The van der Waals surface area contributed by atoms with E-state index in [0.29, 0.717) is 24.8 Å². The van der Waals surface area contributed by atoms with Gasteiger partial charge in [-0.2, -0.15) is 0 Å². The van der Waals surface area contributed by atoms with Gasteiger partial charge in [0.1, 0.15) is 12.3 Å². The Balaban J connectivity index is 1.65. The van der Waals surface area contributed by atoms with Crippen LogP contribution in [-0.4, -0.2) is 46.5 Å². The summed E-state index contributed by atoms with van der Waals surface area (Å²) < 4.78 is 5.15. The Labute approximate surface area is 138 Å². The second kappa shape index (κ2) is 6.62. The summed E-state index contributed by atoms with van der Waals surface area (Å²) in [6.07, 6.45) is 4.95. The topological polar surface area (TPSA) is 70.8 Å². The van der Waals surface area contributed by atoms with Gasteiger partial charge in [0.05, 0.1) is 11.2 Å². The average molecular weight is 334 g/mol. The largest absolute Gasteiger partial charge is 0.465 e. The Hall–Kier alpha value is -2.02. The molecule has 2 fully saturated rings. The summed E-state index contributed by atoms with van der Waals surface area (Å²) in [5, 5.41) is -0.411. The van der Waals surface area contributed by atoms with Crippen molar-refractivity contribution in [3.05, 3.63) is 29.1 Å². The van der Waals surface area contributed by atoms with Gasteiger partial charge < -0.3 is 9.32 Å². The summed E-state index contributed by atoms with van der Waals surface area (Å²) in [6, 6.07) is 3.41. The van der Waals surface area contributed by atoms with Crippen molar-refractivity contribution in [2.45, 2.75) is 19.8 Å². The van der Waals surface area contributed by atoms with Crippen LogP contribution in [0.4, 0.5) is 4.79 Å². The van der Waals surface area contributed by atoms with Crippen molar-refractivity contribution in [3.8, 4) is 0 Å². The molecule has 0 aromatic carbocycles. The number of likely N-dealkylation sites (tertiary alicyclic amines) is 1. The van der Waals surface area contributed by atoms with Crippen LogP contribution in [0.1, 0.15) is 25.5 Å². The van der Waals surface area contributed by atoms with Gasteiger partial charge in [-0.1, -0.05) is 6.92 Å². The second-order valence-corrected chi connectivity index (χ2v) is 6.84. The molecule has 0 bridgehead atoms. The van der Waals surface area contributed by atoms with Crippen LogP contribution in [0.2, 0.25) is 0 Å². The molecule has 3 amide bonds. The maximum Gasteiger partial charge on any atom is 0.294 e. The van der Waals surface area contributed by atoms with Gasteiger partial charge in [0.15, 0.2) is 0 Å². The lowest BCUT2D eigenvalue weighted by Gasteiger charge is -2.31. The molecule has 2 aliphatic rings. The van der Waals surface area contributed by atoms with Crippen molar-refractivity contribution in [1.82, 2.24) is 9.80 Å². The molecule has 122 valence electrons. The lowest BCUT2D eigenvalue weighted by atomic mass is 9.99. The van der Waals surface area contributed by atoms with Crippen LogP contribution in [0.3, 0.4) is 0 Å². The first-order valence-electron chi connectivity index (χ1n) is 7.61. The first-order chi connectivity index (χ1) is 11.0. The third-order valence-corrected chi connectivity index (χ3v) is 5.03. The molecular formula is C16H18N2O4S. The molecule has 0 radical (unpaired) electrons. The summed E-state index contributed by atoms with van der Waals surface area (Å²) in [7, 11) is 0.